The summed E-state index contributed by atoms with van der Waals surface area (Å²) in [6.07, 6.45) is 1.63. The smallest absolute Gasteiger partial charge is 0.251 e. The molecule has 1 unspecified atom stereocenters. The van der Waals surface area contributed by atoms with Crippen LogP contribution in [0.3, 0.4) is 0 Å². The highest BCUT2D eigenvalue weighted by atomic mass is 127. The van der Waals surface area contributed by atoms with Crippen molar-refractivity contribution in [3.05, 3.63) is 15.6 Å². The molecule has 1 N–H and O–H groups in total. The number of halogens is 1. The van der Waals surface area contributed by atoms with E-state index < -0.39 is 0 Å². The van der Waals surface area contributed by atoms with Gasteiger partial charge in [0.1, 0.15) is 6.10 Å². The van der Waals surface area contributed by atoms with Crippen molar-refractivity contribution in [3.8, 4) is 0 Å². The van der Waals surface area contributed by atoms with Gasteiger partial charge in [0.25, 0.3) is 5.91 Å². The monoisotopic (exact) mass is 493 g/mol. The Morgan fingerprint density at radius 1 is 1.31 bits per heavy atom. The van der Waals surface area contributed by atoms with Gasteiger partial charge in [-0.1, -0.05) is 0 Å². The summed E-state index contributed by atoms with van der Waals surface area (Å²) in [6, 6.07) is 0. The van der Waals surface area contributed by atoms with E-state index in [0.717, 1.165) is 62.2 Å². The number of thiazole rings is 1. The summed E-state index contributed by atoms with van der Waals surface area (Å²) in [5.74, 6) is 1.03. The second kappa shape index (κ2) is 9.84. The minimum Gasteiger partial charge on any atom is -0.368 e. The number of carbonyl (C=O) groups is 1. The normalized spacial score (nSPS) is 20.9. The van der Waals surface area contributed by atoms with E-state index in [1.807, 2.05) is 18.7 Å². The van der Waals surface area contributed by atoms with Gasteiger partial charge in [-0.25, -0.2) is 4.98 Å². The lowest BCUT2D eigenvalue weighted by molar-refractivity contribution is -0.142. The maximum Gasteiger partial charge on any atom is 0.251 e. The van der Waals surface area contributed by atoms with E-state index in [9.17, 15) is 4.79 Å². The molecule has 0 aromatic carbocycles. The van der Waals surface area contributed by atoms with E-state index in [2.05, 4.69) is 20.2 Å². The van der Waals surface area contributed by atoms with Crippen LogP contribution in [0.15, 0.2) is 4.99 Å². The third-order valence-corrected chi connectivity index (χ3v) is 5.79. The average Bonchev–Trinajstić information content (AvgIpc) is 3.25. The van der Waals surface area contributed by atoms with Crippen LogP contribution in [0.25, 0.3) is 0 Å². The molecule has 146 valence electrons. The van der Waals surface area contributed by atoms with Crippen LogP contribution in [0.2, 0.25) is 0 Å². The first kappa shape index (κ1) is 21.4. The zero-order chi connectivity index (χ0) is 17.8. The number of piperazine rings is 1. The van der Waals surface area contributed by atoms with E-state index in [1.54, 1.807) is 18.4 Å². The predicted molar refractivity (Wildman–Crippen MR) is 114 cm³/mol. The second-order valence-corrected chi connectivity index (χ2v) is 7.74. The molecule has 0 bridgehead atoms. The lowest BCUT2D eigenvalue weighted by Crippen LogP contribution is -2.55. The number of guanidine groups is 1. The highest BCUT2D eigenvalue weighted by Crippen LogP contribution is 2.18. The number of carbonyl (C=O) groups excluding carboxylic acids is 1. The molecule has 3 rings (SSSR count). The molecule has 0 spiro atoms. The van der Waals surface area contributed by atoms with Crippen LogP contribution in [0.4, 0.5) is 0 Å². The van der Waals surface area contributed by atoms with Crippen molar-refractivity contribution in [2.45, 2.75) is 39.3 Å². The molecule has 3 heterocycles. The predicted octanol–water partition coefficient (Wildman–Crippen LogP) is 1.78. The highest BCUT2D eigenvalue weighted by molar-refractivity contribution is 14.0. The van der Waals surface area contributed by atoms with Crippen LogP contribution < -0.4 is 5.32 Å². The maximum absolute atomic E-state index is 12.4. The van der Waals surface area contributed by atoms with Gasteiger partial charge >= 0.3 is 0 Å². The van der Waals surface area contributed by atoms with Gasteiger partial charge in [0.15, 0.2) is 5.96 Å². The Hall–Kier alpha value is -0.940. The summed E-state index contributed by atoms with van der Waals surface area (Å²) in [7, 11) is 1.80. The van der Waals surface area contributed by atoms with Crippen molar-refractivity contribution in [3.63, 3.8) is 0 Å². The molecular formula is C17H28IN5O2S. The Balaban J connectivity index is 0.00000243. The summed E-state index contributed by atoms with van der Waals surface area (Å²) in [4.78, 5) is 26.7. The number of aromatic nitrogens is 1. The van der Waals surface area contributed by atoms with Gasteiger partial charge in [-0.3, -0.25) is 9.79 Å². The number of nitrogens with zero attached hydrogens (tertiary/aromatic N) is 4. The molecule has 1 amide bonds. The number of ether oxygens (including phenoxy) is 1. The molecule has 2 fully saturated rings. The van der Waals surface area contributed by atoms with Gasteiger partial charge in [-0.2, -0.15) is 0 Å². The van der Waals surface area contributed by atoms with Crippen molar-refractivity contribution < 1.29 is 9.53 Å². The topological polar surface area (TPSA) is 70.1 Å². The van der Waals surface area contributed by atoms with Crippen molar-refractivity contribution in [1.82, 2.24) is 20.1 Å². The molecule has 2 aliphatic heterocycles. The Bertz CT molecular complexity index is 637. The van der Waals surface area contributed by atoms with Gasteiger partial charge in [0, 0.05) is 44.7 Å². The Kier molecular flexibility index (Phi) is 8.08. The van der Waals surface area contributed by atoms with Crippen molar-refractivity contribution in [2.75, 3.05) is 39.8 Å². The number of aliphatic imine (C=N–C) groups is 1. The first-order valence-corrected chi connectivity index (χ1v) is 9.69. The number of rotatable bonds is 3. The Labute approximate surface area is 176 Å². The van der Waals surface area contributed by atoms with E-state index in [0.29, 0.717) is 6.61 Å². The molecule has 26 heavy (non-hydrogen) atoms. The van der Waals surface area contributed by atoms with E-state index in [4.69, 9.17) is 4.74 Å². The molecule has 1 aromatic heterocycles. The fraction of sp³-hybridized carbons (Fsp3) is 0.706. The van der Waals surface area contributed by atoms with Crippen LogP contribution in [-0.4, -0.2) is 72.6 Å². The number of hydrogen-bond acceptors (Lipinski definition) is 5. The first-order chi connectivity index (χ1) is 12.1. The van der Waals surface area contributed by atoms with Gasteiger partial charge in [-0.15, -0.1) is 35.3 Å². The van der Waals surface area contributed by atoms with Crippen molar-refractivity contribution in [1.29, 1.82) is 0 Å². The molecule has 1 atom stereocenters. The second-order valence-electron chi connectivity index (χ2n) is 6.46. The average molecular weight is 493 g/mol. The summed E-state index contributed by atoms with van der Waals surface area (Å²) in [5, 5.41) is 4.52. The summed E-state index contributed by atoms with van der Waals surface area (Å²) in [5.41, 5.74) is 1.08. The number of amides is 1. The van der Waals surface area contributed by atoms with E-state index in [-0.39, 0.29) is 36.0 Å². The molecular weight excluding hydrogens is 465 g/mol. The molecule has 0 radical (unpaired) electrons. The molecule has 1 aromatic rings. The first-order valence-electron chi connectivity index (χ1n) is 8.87. The van der Waals surface area contributed by atoms with Crippen molar-refractivity contribution in [2.24, 2.45) is 4.99 Å². The molecule has 7 nitrogen and oxygen atoms in total. The summed E-state index contributed by atoms with van der Waals surface area (Å²) < 4.78 is 5.52. The SMILES string of the molecule is CN=C(NCc1sc(C)nc1C)N1CCN(C(=O)C2CCCO2)CC1.I. The van der Waals surface area contributed by atoms with Gasteiger partial charge in [-0.05, 0) is 26.7 Å². The number of nitrogens with one attached hydrogen (secondary N) is 1. The fourth-order valence-electron chi connectivity index (χ4n) is 3.34. The Morgan fingerprint density at radius 3 is 2.54 bits per heavy atom. The van der Waals surface area contributed by atoms with Crippen LogP contribution in [0, 0.1) is 13.8 Å². The molecule has 0 saturated carbocycles. The maximum atomic E-state index is 12.4. The van der Waals surface area contributed by atoms with E-state index >= 15 is 0 Å². The quantitative estimate of drug-likeness (QED) is 0.395. The van der Waals surface area contributed by atoms with Gasteiger partial charge in [0.05, 0.1) is 17.2 Å². The highest BCUT2D eigenvalue weighted by Gasteiger charge is 2.30. The van der Waals surface area contributed by atoms with Crippen LogP contribution in [0.1, 0.15) is 28.4 Å². The lowest BCUT2D eigenvalue weighted by Gasteiger charge is -2.37. The zero-order valence-electron chi connectivity index (χ0n) is 15.7. The third kappa shape index (κ3) is 5.07. The van der Waals surface area contributed by atoms with Crippen LogP contribution >= 0.6 is 35.3 Å². The van der Waals surface area contributed by atoms with Crippen LogP contribution in [0.5, 0.6) is 0 Å². The van der Waals surface area contributed by atoms with Crippen LogP contribution in [-0.2, 0) is 16.1 Å². The molecule has 9 heteroatoms. The standard InChI is InChI=1S/C17H27N5O2S.HI/c1-12-15(25-13(2)20-12)11-19-17(18-3)22-8-6-21(7-9-22)16(23)14-5-4-10-24-14;/h14H,4-11H2,1-3H3,(H,18,19);1H. The largest absolute Gasteiger partial charge is 0.368 e. The molecule has 2 saturated heterocycles. The van der Waals surface area contributed by atoms with Gasteiger partial charge < -0.3 is 19.9 Å². The lowest BCUT2D eigenvalue weighted by atomic mass is 10.2. The summed E-state index contributed by atoms with van der Waals surface area (Å²) >= 11 is 1.72. The Morgan fingerprint density at radius 2 is 2.00 bits per heavy atom. The fourth-order valence-corrected chi connectivity index (χ4v) is 4.22. The van der Waals surface area contributed by atoms with Crippen molar-refractivity contribution >= 4 is 47.2 Å². The minimum atomic E-state index is -0.221. The van der Waals surface area contributed by atoms with E-state index in [1.165, 1.54) is 4.88 Å². The third-order valence-electron chi connectivity index (χ3n) is 4.71. The number of hydrogen-bond donors (Lipinski definition) is 1. The summed E-state index contributed by atoms with van der Waals surface area (Å²) in [6.45, 7) is 8.54. The minimum absolute atomic E-state index is 0. The molecule has 2 aliphatic rings. The molecule has 0 aliphatic carbocycles. The zero-order valence-corrected chi connectivity index (χ0v) is 18.8. The van der Waals surface area contributed by atoms with Gasteiger partial charge in [0.2, 0.25) is 0 Å². The number of aryl methyl sites for hydroxylation is 2.